The Morgan fingerprint density at radius 2 is 1.65 bits per heavy atom. The molecule has 0 aliphatic heterocycles. The van der Waals surface area contributed by atoms with Crippen molar-refractivity contribution >= 4 is 5.97 Å². The Morgan fingerprint density at radius 3 is 2.26 bits per heavy atom. The van der Waals surface area contributed by atoms with Gasteiger partial charge in [-0.15, -0.1) is 0 Å². The monoisotopic (exact) mass is 320 g/mol. The van der Waals surface area contributed by atoms with E-state index in [9.17, 15) is 4.79 Å². The maximum Gasteiger partial charge on any atom is 0.309 e. The molecule has 2 nitrogen and oxygen atoms in total. The highest BCUT2D eigenvalue weighted by molar-refractivity contribution is 5.72. The predicted octanol–water partition coefficient (Wildman–Crippen LogP) is 6.05. The van der Waals surface area contributed by atoms with Gasteiger partial charge in [0, 0.05) is 0 Å². The maximum absolute atomic E-state index is 12.4. The summed E-state index contributed by atoms with van der Waals surface area (Å²) in [4.78, 5) is 12.4. The fraction of sp³-hybridized carbons (Fsp3) is 0.857. The van der Waals surface area contributed by atoms with Crippen LogP contribution in [0.5, 0.6) is 0 Å². The molecule has 0 bridgehead atoms. The van der Waals surface area contributed by atoms with E-state index < -0.39 is 0 Å². The molecule has 2 heteroatoms. The molecule has 0 radical (unpaired) electrons. The molecule has 2 saturated carbocycles. The summed E-state index contributed by atoms with van der Waals surface area (Å²) in [7, 11) is 0. The summed E-state index contributed by atoms with van der Waals surface area (Å²) in [6, 6.07) is 0. The minimum Gasteiger partial charge on any atom is -0.462 e. The van der Waals surface area contributed by atoms with Crippen LogP contribution in [0.3, 0.4) is 0 Å². The smallest absolute Gasteiger partial charge is 0.309 e. The minimum atomic E-state index is 0.102. The highest BCUT2D eigenvalue weighted by Gasteiger charge is 2.30. The van der Waals surface area contributed by atoms with Crippen LogP contribution < -0.4 is 0 Å². The number of hydrogen-bond acceptors (Lipinski definition) is 2. The summed E-state index contributed by atoms with van der Waals surface area (Å²) in [5.74, 6) is 1.85. The molecule has 0 spiro atoms. The SMILES string of the molecule is CCCC=C[C@H]1CC[C@H](OC(=O)[C@H]2CC[C@H](CCC)CC2)CC1. The number of esters is 1. The number of hydrogen-bond donors (Lipinski definition) is 0. The first-order valence-electron chi connectivity index (χ1n) is 10.1. The lowest BCUT2D eigenvalue weighted by molar-refractivity contribution is -0.157. The molecule has 0 aromatic rings. The van der Waals surface area contributed by atoms with Gasteiger partial charge >= 0.3 is 5.97 Å². The van der Waals surface area contributed by atoms with Crippen LogP contribution in [-0.4, -0.2) is 12.1 Å². The van der Waals surface area contributed by atoms with Crippen LogP contribution in [0.1, 0.15) is 90.9 Å². The van der Waals surface area contributed by atoms with E-state index in [1.165, 1.54) is 51.4 Å². The Hall–Kier alpha value is -0.790. The maximum atomic E-state index is 12.4. The summed E-state index contributed by atoms with van der Waals surface area (Å²) < 4.78 is 5.84. The summed E-state index contributed by atoms with van der Waals surface area (Å²) in [6.07, 6.45) is 18.9. The van der Waals surface area contributed by atoms with Crippen LogP contribution in [0.15, 0.2) is 12.2 Å². The van der Waals surface area contributed by atoms with Crippen molar-refractivity contribution in [2.45, 2.75) is 97.0 Å². The highest BCUT2D eigenvalue weighted by atomic mass is 16.5. The average Bonchev–Trinajstić information content (AvgIpc) is 2.57. The highest BCUT2D eigenvalue weighted by Crippen LogP contribution is 2.34. The van der Waals surface area contributed by atoms with E-state index in [-0.39, 0.29) is 18.0 Å². The van der Waals surface area contributed by atoms with Gasteiger partial charge in [0.25, 0.3) is 0 Å². The molecule has 2 aliphatic carbocycles. The van der Waals surface area contributed by atoms with Crippen molar-refractivity contribution in [3.8, 4) is 0 Å². The lowest BCUT2D eigenvalue weighted by Crippen LogP contribution is -2.29. The van der Waals surface area contributed by atoms with Crippen molar-refractivity contribution in [1.29, 1.82) is 0 Å². The Labute approximate surface area is 143 Å². The number of rotatable bonds is 7. The quantitative estimate of drug-likeness (QED) is 0.421. The van der Waals surface area contributed by atoms with Gasteiger partial charge in [-0.05, 0) is 69.6 Å². The molecule has 2 rings (SSSR count). The molecule has 0 aromatic carbocycles. The van der Waals surface area contributed by atoms with Gasteiger partial charge in [-0.1, -0.05) is 45.3 Å². The van der Waals surface area contributed by atoms with Gasteiger partial charge in [0.2, 0.25) is 0 Å². The third-order valence-electron chi connectivity index (χ3n) is 5.74. The van der Waals surface area contributed by atoms with Gasteiger partial charge in [-0.2, -0.15) is 0 Å². The second kappa shape index (κ2) is 10.2. The van der Waals surface area contributed by atoms with E-state index in [0.29, 0.717) is 5.92 Å². The van der Waals surface area contributed by atoms with Gasteiger partial charge in [-0.3, -0.25) is 4.79 Å². The Balaban J connectivity index is 1.65. The first-order valence-corrected chi connectivity index (χ1v) is 10.1. The number of carbonyl (C=O) groups is 1. The van der Waals surface area contributed by atoms with Crippen molar-refractivity contribution < 1.29 is 9.53 Å². The number of unbranched alkanes of at least 4 members (excludes halogenated alkanes) is 1. The average molecular weight is 321 g/mol. The Kier molecular flexibility index (Phi) is 8.19. The van der Waals surface area contributed by atoms with E-state index in [2.05, 4.69) is 26.0 Å². The minimum absolute atomic E-state index is 0.102. The molecule has 0 atom stereocenters. The van der Waals surface area contributed by atoms with Crippen molar-refractivity contribution in [3.63, 3.8) is 0 Å². The van der Waals surface area contributed by atoms with Crippen LogP contribution in [0, 0.1) is 17.8 Å². The standard InChI is InChI=1S/C21H36O2/c1-3-5-6-8-18-11-15-20(16-12-18)23-21(22)19-13-9-17(7-4-2)10-14-19/h6,8,17-20H,3-5,7,9-16H2,1-2H3/t17-,18-,19-,20-. The van der Waals surface area contributed by atoms with E-state index in [0.717, 1.165) is 31.6 Å². The zero-order valence-electron chi connectivity index (χ0n) is 15.3. The summed E-state index contributed by atoms with van der Waals surface area (Å²) in [5.41, 5.74) is 0. The van der Waals surface area contributed by atoms with Crippen LogP contribution in [-0.2, 0) is 9.53 Å². The fourth-order valence-electron chi connectivity index (χ4n) is 4.21. The molecule has 0 unspecified atom stereocenters. The Bertz CT molecular complexity index is 358. The molecule has 0 N–H and O–H groups in total. The topological polar surface area (TPSA) is 26.3 Å². The fourth-order valence-corrected chi connectivity index (χ4v) is 4.21. The third kappa shape index (κ3) is 6.31. The lowest BCUT2D eigenvalue weighted by atomic mass is 9.80. The van der Waals surface area contributed by atoms with Crippen molar-refractivity contribution in [2.75, 3.05) is 0 Å². The molecular weight excluding hydrogens is 284 g/mol. The van der Waals surface area contributed by atoms with Crippen molar-refractivity contribution in [1.82, 2.24) is 0 Å². The summed E-state index contributed by atoms with van der Waals surface area (Å²) in [5, 5.41) is 0. The van der Waals surface area contributed by atoms with Crippen molar-refractivity contribution in [2.24, 2.45) is 17.8 Å². The normalized spacial score (nSPS) is 32.1. The first kappa shape index (κ1) is 18.5. The lowest BCUT2D eigenvalue weighted by Gasteiger charge is -2.31. The van der Waals surface area contributed by atoms with Gasteiger partial charge in [0.15, 0.2) is 0 Å². The van der Waals surface area contributed by atoms with Crippen molar-refractivity contribution in [3.05, 3.63) is 12.2 Å². The zero-order valence-corrected chi connectivity index (χ0v) is 15.3. The molecule has 132 valence electrons. The van der Waals surface area contributed by atoms with E-state index in [4.69, 9.17) is 4.74 Å². The van der Waals surface area contributed by atoms with Gasteiger partial charge in [-0.25, -0.2) is 0 Å². The van der Waals surface area contributed by atoms with Gasteiger partial charge in [0.05, 0.1) is 5.92 Å². The number of carbonyl (C=O) groups excluding carboxylic acids is 1. The third-order valence-corrected chi connectivity index (χ3v) is 5.74. The molecule has 2 aliphatic rings. The molecule has 0 heterocycles. The van der Waals surface area contributed by atoms with Gasteiger partial charge < -0.3 is 4.74 Å². The number of allylic oxidation sites excluding steroid dienone is 2. The molecule has 23 heavy (non-hydrogen) atoms. The van der Waals surface area contributed by atoms with E-state index in [1.54, 1.807) is 0 Å². The van der Waals surface area contributed by atoms with Crippen LogP contribution in [0.4, 0.5) is 0 Å². The zero-order chi connectivity index (χ0) is 16.5. The Morgan fingerprint density at radius 1 is 0.957 bits per heavy atom. The molecule has 0 aromatic heterocycles. The van der Waals surface area contributed by atoms with Crippen LogP contribution in [0.2, 0.25) is 0 Å². The largest absolute Gasteiger partial charge is 0.462 e. The predicted molar refractivity (Wildman–Crippen MR) is 96.2 cm³/mol. The molecule has 0 amide bonds. The first-order chi connectivity index (χ1) is 11.2. The summed E-state index contributed by atoms with van der Waals surface area (Å²) in [6.45, 7) is 4.48. The molecule has 2 fully saturated rings. The molecular formula is C21H36O2. The van der Waals surface area contributed by atoms with E-state index in [1.807, 2.05) is 0 Å². The van der Waals surface area contributed by atoms with Crippen LogP contribution in [0.25, 0.3) is 0 Å². The summed E-state index contributed by atoms with van der Waals surface area (Å²) >= 11 is 0. The number of ether oxygens (including phenoxy) is 1. The van der Waals surface area contributed by atoms with Gasteiger partial charge in [0.1, 0.15) is 6.10 Å². The second-order valence-electron chi connectivity index (χ2n) is 7.70. The second-order valence-corrected chi connectivity index (χ2v) is 7.70. The van der Waals surface area contributed by atoms with E-state index >= 15 is 0 Å². The van der Waals surface area contributed by atoms with Crippen LogP contribution >= 0.6 is 0 Å². The molecule has 0 saturated heterocycles.